The van der Waals surface area contributed by atoms with Gasteiger partial charge in [0.15, 0.2) is 0 Å². The summed E-state index contributed by atoms with van der Waals surface area (Å²) in [4.78, 5) is 0. The Labute approximate surface area is 30.8 Å². The van der Waals surface area contributed by atoms with Crippen molar-refractivity contribution < 1.29 is 0 Å². The molecular formula is C5H2. The van der Waals surface area contributed by atoms with Crippen LogP contribution in [0.1, 0.15) is 0 Å². The largest absolute Gasteiger partial charge is 0.114 e. The lowest BCUT2D eigenvalue weighted by molar-refractivity contribution is 2.12. The fourth-order valence-corrected chi connectivity index (χ4v) is 0.119. The maximum Gasteiger partial charge on any atom is 0.0739 e. The standard InChI is InChI=1S/C5H2/c1-2-5-3-4-5/h1,3H. The molecule has 0 bridgehead atoms. The molecule has 1 rings (SSSR count). The average molecular weight is 62.1 g/mol. The van der Waals surface area contributed by atoms with E-state index in [0.717, 1.165) is 5.57 Å². The molecule has 1 aliphatic rings. The van der Waals surface area contributed by atoms with Crippen molar-refractivity contribution in [3.8, 4) is 12.3 Å². The Morgan fingerprint density at radius 3 is 2.60 bits per heavy atom. The first-order valence-corrected chi connectivity index (χ1v) is 1.37. The van der Waals surface area contributed by atoms with Crippen molar-refractivity contribution in [3.63, 3.8) is 0 Å². The Kier molecular flexibility index (Phi) is 0.240. The van der Waals surface area contributed by atoms with Crippen LogP contribution in [0.5, 0.6) is 0 Å². The van der Waals surface area contributed by atoms with Crippen LogP contribution >= 0.6 is 0 Å². The predicted octanol–water partition coefficient (Wildman–Crippen LogP) is 0.715. The van der Waals surface area contributed by atoms with Crippen LogP contribution in [0.25, 0.3) is 0 Å². The highest BCUT2D eigenvalue weighted by Crippen LogP contribution is 2.00. The SMILES string of the molecule is C#CC1=C=C1. The molecule has 0 heteroatoms. The molecule has 0 aromatic carbocycles. The van der Waals surface area contributed by atoms with Gasteiger partial charge in [0.25, 0.3) is 0 Å². The van der Waals surface area contributed by atoms with Crippen LogP contribution < -0.4 is 0 Å². The number of allylic oxidation sites excluding steroid dienone is 1. The lowest BCUT2D eigenvalue weighted by Crippen LogP contribution is -1.40. The third kappa shape index (κ3) is 0.216. The molecule has 0 spiro atoms. The summed E-state index contributed by atoms with van der Waals surface area (Å²) in [5, 5.41) is 0. The van der Waals surface area contributed by atoms with Gasteiger partial charge in [0, 0.05) is 6.08 Å². The molecule has 0 fully saturated rings. The van der Waals surface area contributed by atoms with E-state index in [1.807, 2.05) is 0 Å². The summed E-state index contributed by atoms with van der Waals surface area (Å²) in [6, 6.07) is 0. The Morgan fingerprint density at radius 1 is 2.00 bits per heavy atom. The zero-order valence-corrected chi connectivity index (χ0v) is 2.65. The van der Waals surface area contributed by atoms with Gasteiger partial charge in [-0.3, -0.25) is 0 Å². The van der Waals surface area contributed by atoms with Gasteiger partial charge in [-0.05, 0) is 0 Å². The molecule has 0 saturated heterocycles. The first-order chi connectivity index (χ1) is 2.43. The highest BCUT2D eigenvalue weighted by Gasteiger charge is 1.87. The van der Waals surface area contributed by atoms with Gasteiger partial charge in [-0.2, -0.15) is 0 Å². The minimum absolute atomic E-state index is 0.907. The fraction of sp³-hybridized carbons (Fsp3) is 0. The number of rotatable bonds is 0. The van der Waals surface area contributed by atoms with Crippen LogP contribution in [-0.2, 0) is 0 Å². The molecule has 0 unspecified atom stereocenters. The normalized spacial score (nSPS) is 13.0. The van der Waals surface area contributed by atoms with Crippen LogP contribution in [-0.4, -0.2) is 0 Å². The van der Waals surface area contributed by atoms with Gasteiger partial charge in [0.2, 0.25) is 0 Å². The Morgan fingerprint density at radius 2 is 2.60 bits per heavy atom. The van der Waals surface area contributed by atoms with Crippen LogP contribution in [0.3, 0.4) is 0 Å². The Bertz CT molecular complexity index is 138. The second-order valence-corrected chi connectivity index (χ2v) is 0.847. The molecule has 0 radical (unpaired) electrons. The molecule has 0 heterocycles. The second-order valence-electron chi connectivity index (χ2n) is 0.847. The molecule has 0 nitrogen and oxygen atoms in total. The van der Waals surface area contributed by atoms with Gasteiger partial charge in [0.05, 0.1) is 5.57 Å². The van der Waals surface area contributed by atoms with Crippen molar-refractivity contribution in [3.05, 3.63) is 17.4 Å². The van der Waals surface area contributed by atoms with E-state index < -0.39 is 0 Å². The number of hydrogen-bond acceptors (Lipinski definition) is 0. The molecular weight excluding hydrogens is 60.1 g/mol. The smallest absolute Gasteiger partial charge is 0.0739 e. The topological polar surface area (TPSA) is 0 Å². The van der Waals surface area contributed by atoms with Gasteiger partial charge in [0.1, 0.15) is 0 Å². The summed E-state index contributed by atoms with van der Waals surface area (Å²) in [7, 11) is 0. The molecule has 22 valence electrons. The quantitative estimate of drug-likeness (QED) is 0.286. The predicted molar refractivity (Wildman–Crippen MR) is 20.4 cm³/mol. The van der Waals surface area contributed by atoms with E-state index in [4.69, 9.17) is 6.42 Å². The van der Waals surface area contributed by atoms with Crippen molar-refractivity contribution >= 4 is 0 Å². The summed E-state index contributed by atoms with van der Waals surface area (Å²) in [5.74, 6) is 2.39. The average Bonchev–Trinajstić information content (AvgIpc) is 2.12. The highest BCUT2D eigenvalue weighted by atomic mass is 13.9. The van der Waals surface area contributed by atoms with E-state index >= 15 is 0 Å². The molecule has 5 heavy (non-hydrogen) atoms. The first-order valence-electron chi connectivity index (χ1n) is 1.37. The van der Waals surface area contributed by atoms with Crippen LogP contribution in [0.4, 0.5) is 0 Å². The molecule has 0 saturated carbocycles. The van der Waals surface area contributed by atoms with Gasteiger partial charge >= 0.3 is 0 Å². The van der Waals surface area contributed by atoms with E-state index in [1.165, 1.54) is 0 Å². The third-order valence-electron chi connectivity index (χ3n) is 0.444. The molecule has 0 amide bonds. The van der Waals surface area contributed by atoms with E-state index in [0.29, 0.717) is 0 Å². The summed E-state index contributed by atoms with van der Waals surface area (Å²) in [6.45, 7) is 0. The lowest BCUT2D eigenvalue weighted by Gasteiger charge is -1.49. The van der Waals surface area contributed by atoms with Gasteiger partial charge in [-0.1, -0.05) is 5.92 Å². The summed E-state index contributed by atoms with van der Waals surface area (Å²) in [6.07, 6.45) is 6.63. The van der Waals surface area contributed by atoms with E-state index in [-0.39, 0.29) is 0 Å². The van der Waals surface area contributed by atoms with Crippen LogP contribution in [0, 0.1) is 12.3 Å². The summed E-state index contributed by atoms with van der Waals surface area (Å²) >= 11 is 0. The van der Waals surface area contributed by atoms with Crippen molar-refractivity contribution in [1.82, 2.24) is 0 Å². The fourth-order valence-electron chi connectivity index (χ4n) is 0.119. The van der Waals surface area contributed by atoms with Crippen molar-refractivity contribution in [2.45, 2.75) is 0 Å². The molecule has 0 aromatic heterocycles. The summed E-state index contributed by atoms with van der Waals surface area (Å²) in [5.41, 5.74) is 3.65. The lowest BCUT2D eigenvalue weighted by atomic mass is 10.5. The first kappa shape index (κ1) is 2.33. The minimum atomic E-state index is 0.907. The maximum absolute atomic E-state index is 4.85. The maximum atomic E-state index is 4.85. The van der Waals surface area contributed by atoms with Crippen molar-refractivity contribution in [1.29, 1.82) is 0 Å². The Hall–Kier alpha value is -0.920. The number of terminal acetylenes is 1. The molecule has 1 aliphatic carbocycles. The van der Waals surface area contributed by atoms with Crippen LogP contribution in [0.15, 0.2) is 17.4 Å². The third-order valence-corrected chi connectivity index (χ3v) is 0.444. The monoisotopic (exact) mass is 62.0 g/mol. The van der Waals surface area contributed by atoms with Gasteiger partial charge in [-0.25, -0.2) is 0 Å². The van der Waals surface area contributed by atoms with Gasteiger partial charge < -0.3 is 0 Å². The van der Waals surface area contributed by atoms with E-state index in [1.54, 1.807) is 6.08 Å². The second kappa shape index (κ2) is 0.516. The van der Waals surface area contributed by atoms with Crippen LogP contribution in [0.2, 0.25) is 0 Å². The zero-order chi connectivity index (χ0) is 3.70. The van der Waals surface area contributed by atoms with E-state index in [9.17, 15) is 0 Å². The molecule has 0 atom stereocenters. The highest BCUT2D eigenvalue weighted by molar-refractivity contribution is 5.45. The van der Waals surface area contributed by atoms with Crippen molar-refractivity contribution in [2.75, 3.05) is 0 Å². The van der Waals surface area contributed by atoms with E-state index in [2.05, 4.69) is 11.7 Å². The summed E-state index contributed by atoms with van der Waals surface area (Å²) < 4.78 is 0. The molecule has 0 N–H and O–H groups in total. The van der Waals surface area contributed by atoms with Gasteiger partial charge in [-0.15, -0.1) is 12.2 Å². The Balaban J connectivity index is 2.69. The molecule has 0 aromatic rings. The molecule has 0 aliphatic heterocycles. The minimum Gasteiger partial charge on any atom is -0.114 e. The number of hydrogen-bond donors (Lipinski definition) is 0. The zero-order valence-electron chi connectivity index (χ0n) is 2.65. The van der Waals surface area contributed by atoms with Crippen molar-refractivity contribution in [2.24, 2.45) is 0 Å².